The summed E-state index contributed by atoms with van der Waals surface area (Å²) >= 11 is 10.8. The first-order valence-corrected chi connectivity index (χ1v) is 5.54. The zero-order valence-corrected chi connectivity index (χ0v) is 10.4. The number of hydrogen-bond acceptors (Lipinski definition) is 2. The average Bonchev–Trinajstić information content (AvgIpc) is 2.21. The molecule has 1 aromatic rings. The lowest BCUT2D eigenvalue weighted by Crippen LogP contribution is -2.39. The quantitative estimate of drug-likeness (QED) is 0.430. The summed E-state index contributed by atoms with van der Waals surface area (Å²) in [5.41, 5.74) is 6.39. The second kappa shape index (κ2) is 6.30. The Bertz CT molecular complexity index is 388. The first-order chi connectivity index (χ1) is 7.61. The third-order valence-corrected chi connectivity index (χ3v) is 2.13. The number of nitrogens with one attached hydrogen (secondary N) is 2. The van der Waals surface area contributed by atoms with Crippen molar-refractivity contribution < 1.29 is 0 Å². The van der Waals surface area contributed by atoms with Crippen LogP contribution in [0, 0.1) is 0 Å². The Kier molecular flexibility index (Phi) is 5.01. The minimum Gasteiger partial charge on any atom is -0.370 e. The van der Waals surface area contributed by atoms with Crippen LogP contribution in [-0.2, 0) is 0 Å². The van der Waals surface area contributed by atoms with Gasteiger partial charge in [0.05, 0.1) is 0 Å². The van der Waals surface area contributed by atoms with Gasteiger partial charge in [0.15, 0.2) is 11.1 Å². The maximum Gasteiger partial charge on any atom is 0.194 e. The first-order valence-electron chi connectivity index (χ1n) is 4.75. The fourth-order valence-corrected chi connectivity index (χ4v) is 1.37. The van der Waals surface area contributed by atoms with Crippen molar-refractivity contribution in [1.29, 1.82) is 0 Å². The van der Waals surface area contributed by atoms with Crippen molar-refractivity contribution >= 4 is 40.6 Å². The van der Waals surface area contributed by atoms with E-state index in [0.29, 0.717) is 22.6 Å². The number of aliphatic imine (C=N–C) groups is 1. The molecule has 0 spiro atoms. The van der Waals surface area contributed by atoms with Gasteiger partial charge in [-0.1, -0.05) is 11.6 Å². The SMILES string of the molecule is CCN=C(N)NC(=S)Nc1ccc(Cl)cc1. The lowest BCUT2D eigenvalue weighted by atomic mass is 10.3. The summed E-state index contributed by atoms with van der Waals surface area (Å²) < 4.78 is 0. The molecule has 0 atom stereocenters. The van der Waals surface area contributed by atoms with Crippen molar-refractivity contribution in [3.8, 4) is 0 Å². The van der Waals surface area contributed by atoms with E-state index in [2.05, 4.69) is 15.6 Å². The average molecular weight is 257 g/mol. The van der Waals surface area contributed by atoms with Crippen LogP contribution in [-0.4, -0.2) is 17.6 Å². The molecule has 0 saturated carbocycles. The van der Waals surface area contributed by atoms with Gasteiger partial charge in [0.25, 0.3) is 0 Å². The van der Waals surface area contributed by atoms with E-state index in [9.17, 15) is 0 Å². The van der Waals surface area contributed by atoms with Crippen LogP contribution in [0.3, 0.4) is 0 Å². The normalized spacial score (nSPS) is 11.0. The van der Waals surface area contributed by atoms with Gasteiger partial charge >= 0.3 is 0 Å². The van der Waals surface area contributed by atoms with Gasteiger partial charge < -0.3 is 16.4 Å². The summed E-state index contributed by atoms with van der Waals surface area (Å²) in [6, 6.07) is 7.19. The first kappa shape index (κ1) is 12.7. The fraction of sp³-hybridized carbons (Fsp3) is 0.200. The molecule has 0 unspecified atom stereocenters. The maximum absolute atomic E-state index is 5.76. The van der Waals surface area contributed by atoms with Crippen LogP contribution in [0.4, 0.5) is 5.69 Å². The van der Waals surface area contributed by atoms with E-state index >= 15 is 0 Å². The van der Waals surface area contributed by atoms with E-state index in [1.807, 2.05) is 19.1 Å². The third-order valence-electron chi connectivity index (χ3n) is 1.67. The molecule has 86 valence electrons. The molecule has 0 aliphatic carbocycles. The van der Waals surface area contributed by atoms with Crippen LogP contribution in [0.15, 0.2) is 29.3 Å². The highest BCUT2D eigenvalue weighted by molar-refractivity contribution is 7.80. The van der Waals surface area contributed by atoms with Crippen molar-refractivity contribution in [2.45, 2.75) is 6.92 Å². The van der Waals surface area contributed by atoms with Gasteiger partial charge in [-0.15, -0.1) is 0 Å². The smallest absolute Gasteiger partial charge is 0.194 e. The predicted octanol–water partition coefficient (Wildman–Crippen LogP) is 1.96. The summed E-state index contributed by atoms with van der Waals surface area (Å²) in [5.74, 6) is 0.300. The zero-order chi connectivity index (χ0) is 12.0. The topological polar surface area (TPSA) is 62.4 Å². The van der Waals surface area contributed by atoms with E-state index in [1.165, 1.54) is 0 Å². The van der Waals surface area contributed by atoms with Crippen molar-refractivity contribution in [1.82, 2.24) is 5.32 Å². The molecule has 0 aromatic heterocycles. The minimum absolute atomic E-state index is 0.300. The molecule has 0 saturated heterocycles. The second-order valence-electron chi connectivity index (χ2n) is 2.95. The Morgan fingerprint density at radius 2 is 2.06 bits per heavy atom. The summed E-state index contributed by atoms with van der Waals surface area (Å²) in [6.07, 6.45) is 0. The van der Waals surface area contributed by atoms with Gasteiger partial charge in [0, 0.05) is 17.3 Å². The van der Waals surface area contributed by atoms with Crippen molar-refractivity contribution in [2.75, 3.05) is 11.9 Å². The highest BCUT2D eigenvalue weighted by Gasteiger charge is 1.98. The van der Waals surface area contributed by atoms with Crippen LogP contribution >= 0.6 is 23.8 Å². The highest BCUT2D eigenvalue weighted by atomic mass is 35.5. The van der Waals surface area contributed by atoms with Crippen LogP contribution in [0.25, 0.3) is 0 Å². The number of nitrogens with zero attached hydrogens (tertiary/aromatic N) is 1. The lowest BCUT2D eigenvalue weighted by Gasteiger charge is -2.09. The van der Waals surface area contributed by atoms with Gasteiger partial charge in [-0.3, -0.25) is 4.99 Å². The van der Waals surface area contributed by atoms with Crippen LogP contribution in [0.2, 0.25) is 5.02 Å². The van der Waals surface area contributed by atoms with Crippen LogP contribution in [0.5, 0.6) is 0 Å². The molecule has 0 heterocycles. The number of benzene rings is 1. The van der Waals surface area contributed by atoms with Gasteiger partial charge in [-0.05, 0) is 43.4 Å². The number of hydrogen-bond donors (Lipinski definition) is 3. The number of halogens is 1. The van der Waals surface area contributed by atoms with Gasteiger partial charge in [0.2, 0.25) is 0 Å². The Morgan fingerprint density at radius 1 is 1.44 bits per heavy atom. The van der Waals surface area contributed by atoms with E-state index in [4.69, 9.17) is 29.6 Å². The van der Waals surface area contributed by atoms with Crippen molar-refractivity contribution in [3.63, 3.8) is 0 Å². The van der Waals surface area contributed by atoms with Crippen LogP contribution < -0.4 is 16.4 Å². The predicted molar refractivity (Wildman–Crippen MR) is 73.0 cm³/mol. The molecule has 0 amide bonds. The van der Waals surface area contributed by atoms with E-state index in [1.54, 1.807) is 12.1 Å². The second-order valence-corrected chi connectivity index (χ2v) is 3.79. The van der Waals surface area contributed by atoms with E-state index < -0.39 is 0 Å². The van der Waals surface area contributed by atoms with Crippen LogP contribution in [0.1, 0.15) is 6.92 Å². The molecule has 0 fully saturated rings. The Morgan fingerprint density at radius 3 is 2.62 bits per heavy atom. The number of rotatable bonds is 2. The molecule has 16 heavy (non-hydrogen) atoms. The molecular formula is C10H13ClN4S. The summed E-state index contributed by atoms with van der Waals surface area (Å²) in [4.78, 5) is 3.96. The zero-order valence-electron chi connectivity index (χ0n) is 8.83. The maximum atomic E-state index is 5.76. The third kappa shape index (κ3) is 4.46. The number of nitrogens with two attached hydrogens (primary N) is 1. The van der Waals surface area contributed by atoms with Crippen molar-refractivity contribution in [2.24, 2.45) is 10.7 Å². The summed E-state index contributed by atoms with van der Waals surface area (Å²) in [7, 11) is 0. The van der Waals surface area contributed by atoms with E-state index in [-0.39, 0.29) is 0 Å². The van der Waals surface area contributed by atoms with E-state index in [0.717, 1.165) is 5.69 Å². The van der Waals surface area contributed by atoms with Gasteiger partial charge in [-0.2, -0.15) is 0 Å². The molecule has 4 nitrogen and oxygen atoms in total. The molecule has 1 aromatic carbocycles. The summed E-state index contributed by atoms with van der Waals surface area (Å²) in [6.45, 7) is 2.51. The molecular weight excluding hydrogens is 244 g/mol. The number of guanidine groups is 1. The lowest BCUT2D eigenvalue weighted by molar-refractivity contribution is 1.09. The minimum atomic E-state index is 0.300. The van der Waals surface area contributed by atoms with Crippen molar-refractivity contribution in [3.05, 3.63) is 29.3 Å². The fourth-order valence-electron chi connectivity index (χ4n) is 1.02. The molecule has 0 aliphatic rings. The molecule has 0 radical (unpaired) electrons. The Labute approximate surface area is 105 Å². The molecule has 1 rings (SSSR count). The largest absolute Gasteiger partial charge is 0.370 e. The standard InChI is InChI=1S/C10H13ClN4S/c1-2-13-9(12)15-10(16)14-8-5-3-7(11)4-6-8/h3-6H,2H2,1H3,(H4,12,13,14,15,16). The molecule has 4 N–H and O–H groups in total. The molecule has 6 heteroatoms. The number of anilines is 1. The number of thiocarbonyl (C=S) groups is 1. The Hall–Kier alpha value is -1.33. The molecule has 0 aliphatic heterocycles. The monoisotopic (exact) mass is 256 g/mol. The van der Waals surface area contributed by atoms with Gasteiger partial charge in [-0.25, -0.2) is 0 Å². The Balaban J connectivity index is 2.52. The highest BCUT2D eigenvalue weighted by Crippen LogP contribution is 2.12. The van der Waals surface area contributed by atoms with Gasteiger partial charge in [0.1, 0.15) is 0 Å². The molecule has 0 bridgehead atoms. The summed E-state index contributed by atoms with van der Waals surface area (Å²) in [5, 5.41) is 6.80.